The molecule has 1 aromatic rings. The van der Waals surface area contributed by atoms with E-state index < -0.39 is 0 Å². The van der Waals surface area contributed by atoms with Crippen molar-refractivity contribution in [3.8, 4) is 17.9 Å². The molecule has 64 valence electrons. The Morgan fingerprint density at radius 3 is 2.69 bits per heavy atom. The Bertz CT molecular complexity index is 385. The van der Waals surface area contributed by atoms with Gasteiger partial charge in [-0.1, -0.05) is 6.07 Å². The third-order valence-corrected chi connectivity index (χ3v) is 1.67. The molecule has 0 radical (unpaired) electrons. The number of nitrogens with zero attached hydrogens (tertiary/aromatic N) is 2. The largest absolute Gasteiger partial charge is 0.495 e. The molecule has 0 saturated heterocycles. The molecule has 0 atom stereocenters. The molecule has 3 heteroatoms. The highest BCUT2D eigenvalue weighted by Crippen LogP contribution is 2.19. The minimum Gasteiger partial charge on any atom is -0.495 e. The zero-order valence-corrected chi connectivity index (χ0v) is 7.24. The molecule has 0 heterocycles. The zero-order chi connectivity index (χ0) is 9.68. The van der Waals surface area contributed by atoms with Crippen LogP contribution in [0.4, 0.5) is 0 Å². The van der Waals surface area contributed by atoms with E-state index in [0.717, 1.165) is 5.56 Å². The fraction of sp³-hybridized carbons (Fsp3) is 0.200. The van der Waals surface area contributed by atoms with Crippen LogP contribution < -0.4 is 4.74 Å². The molecule has 0 aliphatic heterocycles. The van der Waals surface area contributed by atoms with E-state index in [1.807, 2.05) is 12.1 Å². The average molecular weight is 172 g/mol. The van der Waals surface area contributed by atoms with Crippen LogP contribution in [0.25, 0.3) is 0 Å². The van der Waals surface area contributed by atoms with Gasteiger partial charge in [0, 0.05) is 0 Å². The lowest BCUT2D eigenvalue weighted by molar-refractivity contribution is 0.413. The van der Waals surface area contributed by atoms with Crippen LogP contribution in [0.3, 0.4) is 0 Å². The predicted octanol–water partition coefficient (Wildman–Crippen LogP) is 1.63. The molecule has 0 N–H and O–H groups in total. The minimum absolute atomic E-state index is 0.335. The van der Waals surface area contributed by atoms with Gasteiger partial charge in [0.25, 0.3) is 0 Å². The SMILES string of the molecule is COc1cc(CC#N)ccc1C#N. The van der Waals surface area contributed by atoms with E-state index in [0.29, 0.717) is 17.7 Å². The van der Waals surface area contributed by atoms with Gasteiger partial charge in [-0.05, 0) is 17.7 Å². The fourth-order valence-electron chi connectivity index (χ4n) is 1.03. The highest BCUT2D eigenvalue weighted by atomic mass is 16.5. The van der Waals surface area contributed by atoms with E-state index in [2.05, 4.69) is 0 Å². The van der Waals surface area contributed by atoms with Gasteiger partial charge < -0.3 is 4.74 Å². The van der Waals surface area contributed by atoms with Crippen molar-refractivity contribution in [2.45, 2.75) is 6.42 Å². The van der Waals surface area contributed by atoms with Crippen molar-refractivity contribution in [3.63, 3.8) is 0 Å². The van der Waals surface area contributed by atoms with Gasteiger partial charge in [0.1, 0.15) is 11.8 Å². The normalized spacial score (nSPS) is 8.54. The van der Waals surface area contributed by atoms with E-state index in [1.165, 1.54) is 7.11 Å². The highest BCUT2D eigenvalue weighted by molar-refractivity contribution is 5.45. The molecule has 1 rings (SSSR count). The first kappa shape index (κ1) is 9.09. The first-order chi connectivity index (χ1) is 6.31. The van der Waals surface area contributed by atoms with Crippen molar-refractivity contribution in [1.29, 1.82) is 10.5 Å². The lowest BCUT2D eigenvalue weighted by atomic mass is 10.1. The van der Waals surface area contributed by atoms with Crippen LogP contribution >= 0.6 is 0 Å². The lowest BCUT2D eigenvalue weighted by Gasteiger charge is -2.03. The molecule has 0 fully saturated rings. The number of hydrogen-bond donors (Lipinski definition) is 0. The van der Waals surface area contributed by atoms with Crippen molar-refractivity contribution in [2.75, 3.05) is 7.11 Å². The molecule has 0 saturated carbocycles. The van der Waals surface area contributed by atoms with Gasteiger partial charge in [-0.15, -0.1) is 0 Å². The number of nitriles is 2. The number of ether oxygens (including phenoxy) is 1. The summed E-state index contributed by atoms with van der Waals surface area (Å²) in [6.45, 7) is 0. The second-order valence-corrected chi connectivity index (χ2v) is 2.48. The van der Waals surface area contributed by atoms with E-state index in [1.54, 1.807) is 18.2 Å². The van der Waals surface area contributed by atoms with E-state index in [9.17, 15) is 0 Å². The molecule has 13 heavy (non-hydrogen) atoms. The smallest absolute Gasteiger partial charge is 0.136 e. The quantitative estimate of drug-likeness (QED) is 0.681. The Kier molecular flexibility index (Phi) is 2.89. The zero-order valence-electron chi connectivity index (χ0n) is 7.24. The summed E-state index contributed by atoms with van der Waals surface area (Å²) >= 11 is 0. The molecule has 0 aliphatic carbocycles. The maximum absolute atomic E-state index is 8.68. The molecule has 0 bridgehead atoms. The number of rotatable bonds is 2. The summed E-state index contributed by atoms with van der Waals surface area (Å²) in [5, 5.41) is 17.1. The molecule has 3 nitrogen and oxygen atoms in total. The van der Waals surface area contributed by atoms with Crippen LogP contribution in [0, 0.1) is 22.7 Å². The van der Waals surface area contributed by atoms with Gasteiger partial charge in [0.05, 0.1) is 25.2 Å². The van der Waals surface area contributed by atoms with E-state index in [4.69, 9.17) is 15.3 Å². The van der Waals surface area contributed by atoms with Crippen LogP contribution in [-0.4, -0.2) is 7.11 Å². The van der Waals surface area contributed by atoms with Crippen LogP contribution in [0.2, 0.25) is 0 Å². The number of methoxy groups -OCH3 is 1. The Balaban J connectivity index is 3.09. The summed E-state index contributed by atoms with van der Waals surface area (Å²) in [4.78, 5) is 0. The van der Waals surface area contributed by atoms with Gasteiger partial charge in [0.2, 0.25) is 0 Å². The lowest BCUT2D eigenvalue weighted by Crippen LogP contribution is -1.90. The van der Waals surface area contributed by atoms with Crippen LogP contribution in [0.1, 0.15) is 11.1 Å². The summed E-state index contributed by atoms with van der Waals surface area (Å²) in [6.07, 6.45) is 0.335. The van der Waals surface area contributed by atoms with Crippen molar-refractivity contribution in [1.82, 2.24) is 0 Å². The summed E-state index contributed by atoms with van der Waals surface area (Å²) < 4.78 is 4.99. The standard InChI is InChI=1S/C10H8N2O/c1-13-10-6-8(4-5-11)2-3-9(10)7-12/h2-3,6H,4H2,1H3. The molecular formula is C10H8N2O. The van der Waals surface area contributed by atoms with Crippen molar-refractivity contribution in [3.05, 3.63) is 29.3 Å². The summed E-state index contributed by atoms with van der Waals surface area (Å²) in [5.74, 6) is 0.523. The molecule has 0 aliphatic rings. The first-order valence-electron chi connectivity index (χ1n) is 3.75. The van der Waals surface area contributed by atoms with Gasteiger partial charge in [-0.25, -0.2) is 0 Å². The van der Waals surface area contributed by atoms with Crippen LogP contribution in [0.15, 0.2) is 18.2 Å². The Morgan fingerprint density at radius 2 is 2.15 bits per heavy atom. The second-order valence-electron chi connectivity index (χ2n) is 2.48. The molecule has 0 aromatic heterocycles. The van der Waals surface area contributed by atoms with Crippen molar-refractivity contribution >= 4 is 0 Å². The first-order valence-corrected chi connectivity index (χ1v) is 3.75. The maximum Gasteiger partial charge on any atom is 0.136 e. The number of benzene rings is 1. The van der Waals surface area contributed by atoms with Crippen molar-refractivity contribution < 1.29 is 4.74 Å². The third kappa shape index (κ3) is 1.98. The second kappa shape index (κ2) is 4.13. The summed E-state index contributed by atoms with van der Waals surface area (Å²) in [7, 11) is 1.51. The topological polar surface area (TPSA) is 56.8 Å². The molecule has 0 unspecified atom stereocenters. The minimum atomic E-state index is 0.335. The van der Waals surface area contributed by atoms with Gasteiger partial charge in [0.15, 0.2) is 0 Å². The Labute approximate surface area is 76.8 Å². The third-order valence-electron chi connectivity index (χ3n) is 1.67. The maximum atomic E-state index is 8.68. The molecule has 0 spiro atoms. The highest BCUT2D eigenvalue weighted by Gasteiger charge is 2.02. The number of hydrogen-bond acceptors (Lipinski definition) is 3. The van der Waals surface area contributed by atoms with Gasteiger partial charge in [-0.3, -0.25) is 0 Å². The van der Waals surface area contributed by atoms with Gasteiger partial charge in [-0.2, -0.15) is 10.5 Å². The molecule has 0 amide bonds. The van der Waals surface area contributed by atoms with Crippen LogP contribution in [0.5, 0.6) is 5.75 Å². The summed E-state index contributed by atoms with van der Waals surface area (Å²) in [5.41, 5.74) is 1.35. The molecule has 1 aromatic carbocycles. The monoisotopic (exact) mass is 172 g/mol. The van der Waals surface area contributed by atoms with Crippen LogP contribution in [-0.2, 0) is 6.42 Å². The molecular weight excluding hydrogens is 164 g/mol. The Hall–Kier alpha value is -2.00. The summed E-state index contributed by atoms with van der Waals surface area (Å²) in [6, 6.07) is 9.16. The average Bonchev–Trinajstić information content (AvgIpc) is 2.18. The van der Waals surface area contributed by atoms with Gasteiger partial charge >= 0.3 is 0 Å². The van der Waals surface area contributed by atoms with Crippen molar-refractivity contribution in [2.24, 2.45) is 0 Å². The van der Waals surface area contributed by atoms with E-state index >= 15 is 0 Å². The predicted molar refractivity (Wildman–Crippen MR) is 47.0 cm³/mol. The Morgan fingerprint density at radius 1 is 1.38 bits per heavy atom. The van der Waals surface area contributed by atoms with E-state index in [-0.39, 0.29) is 0 Å². The fourth-order valence-corrected chi connectivity index (χ4v) is 1.03.